The van der Waals surface area contributed by atoms with Crippen LogP contribution in [0, 0.1) is 38.2 Å². The number of hydrogen-bond acceptors (Lipinski definition) is 2. The predicted octanol–water partition coefficient (Wildman–Crippen LogP) is 7.01. The number of benzene rings is 3. The molecule has 3 nitrogen and oxygen atoms in total. The molecule has 0 bridgehead atoms. The highest BCUT2D eigenvalue weighted by atomic mass is 19.2. The second-order valence-electron chi connectivity index (χ2n) is 8.65. The van der Waals surface area contributed by atoms with Gasteiger partial charge in [0, 0.05) is 29.6 Å². The fourth-order valence-electron chi connectivity index (χ4n) is 4.52. The first-order valence-electron chi connectivity index (χ1n) is 11.0. The van der Waals surface area contributed by atoms with Gasteiger partial charge in [0.1, 0.15) is 5.82 Å². The minimum Gasteiger partial charge on any atom is -0.313 e. The van der Waals surface area contributed by atoms with Crippen LogP contribution in [0.5, 0.6) is 0 Å². The first kappa shape index (κ1) is 23.5. The highest BCUT2D eigenvalue weighted by Gasteiger charge is 2.24. The minimum atomic E-state index is -1.25. The average Bonchev–Trinajstić information content (AvgIpc) is 2.81. The van der Waals surface area contributed by atoms with Crippen LogP contribution in [-0.4, -0.2) is 17.9 Å². The Labute approximate surface area is 196 Å². The van der Waals surface area contributed by atoms with E-state index < -0.39 is 17.5 Å². The Morgan fingerprint density at radius 2 is 1.68 bits per heavy atom. The molecule has 0 saturated carbocycles. The van der Waals surface area contributed by atoms with Crippen LogP contribution >= 0.6 is 0 Å². The van der Waals surface area contributed by atoms with Gasteiger partial charge in [-0.1, -0.05) is 36.4 Å². The molecule has 34 heavy (non-hydrogen) atoms. The van der Waals surface area contributed by atoms with E-state index in [2.05, 4.69) is 4.98 Å². The van der Waals surface area contributed by atoms with Crippen molar-refractivity contribution < 1.29 is 18.0 Å². The summed E-state index contributed by atoms with van der Waals surface area (Å²) in [5.74, 6) is -3.70. The van der Waals surface area contributed by atoms with Gasteiger partial charge in [-0.3, -0.25) is 9.78 Å². The second-order valence-corrected chi connectivity index (χ2v) is 8.65. The molecule has 6 heteroatoms. The molecule has 0 aliphatic heterocycles. The number of fused-ring (bicyclic) bond motifs is 1. The number of nitrogens with zero attached hydrogens (tertiary/aromatic N) is 2. The largest absolute Gasteiger partial charge is 0.313 e. The van der Waals surface area contributed by atoms with E-state index in [-0.39, 0.29) is 17.4 Å². The third kappa shape index (κ3) is 3.94. The van der Waals surface area contributed by atoms with E-state index in [0.717, 1.165) is 22.8 Å². The van der Waals surface area contributed by atoms with Crippen molar-refractivity contribution in [2.45, 2.75) is 33.6 Å². The van der Waals surface area contributed by atoms with E-state index >= 15 is 0 Å². The molecular weight excluding hydrogens is 437 g/mol. The summed E-state index contributed by atoms with van der Waals surface area (Å²) in [7, 11) is 1.70. The van der Waals surface area contributed by atoms with Gasteiger partial charge in [0.05, 0.1) is 23.3 Å². The lowest BCUT2D eigenvalue weighted by atomic mass is 9.93. The van der Waals surface area contributed by atoms with Gasteiger partial charge in [0.2, 0.25) is 5.91 Å². The van der Waals surface area contributed by atoms with Gasteiger partial charge in [-0.25, -0.2) is 13.2 Å². The molecule has 0 aliphatic carbocycles. The lowest BCUT2D eigenvalue weighted by Crippen LogP contribution is -2.31. The van der Waals surface area contributed by atoms with Crippen LogP contribution in [0.4, 0.5) is 18.9 Å². The molecule has 0 N–H and O–H groups in total. The Bertz CT molecular complexity index is 1430. The van der Waals surface area contributed by atoms with Crippen molar-refractivity contribution in [1.29, 1.82) is 0 Å². The third-order valence-electron chi connectivity index (χ3n) is 6.47. The molecule has 1 atom stereocenters. The number of aryl methyl sites for hydroxylation is 3. The van der Waals surface area contributed by atoms with Crippen LogP contribution in [-0.2, 0) is 4.79 Å². The predicted molar refractivity (Wildman–Crippen MR) is 130 cm³/mol. The summed E-state index contributed by atoms with van der Waals surface area (Å²) in [6.07, 6.45) is 1.55. The van der Waals surface area contributed by atoms with Gasteiger partial charge in [0.15, 0.2) is 11.6 Å². The molecule has 1 unspecified atom stereocenters. The van der Waals surface area contributed by atoms with Crippen molar-refractivity contribution in [3.05, 3.63) is 94.4 Å². The molecule has 0 saturated heterocycles. The standard InChI is InChI=1S/C28H25F3N2O/c1-15-8-6-7-9-20(15)18(4)28(34)33(5)24-14-32-27-21(17(24)3)11-10-16(2)25(27)22-12-19(29)13-23(30)26(22)31/h6-14,18H,1-5H3. The fourth-order valence-corrected chi connectivity index (χ4v) is 4.52. The first-order valence-corrected chi connectivity index (χ1v) is 11.0. The number of anilines is 1. The van der Waals surface area contributed by atoms with Gasteiger partial charge in [-0.2, -0.15) is 0 Å². The Morgan fingerprint density at radius 1 is 0.971 bits per heavy atom. The lowest BCUT2D eigenvalue weighted by molar-refractivity contribution is -0.119. The second kappa shape index (κ2) is 8.93. The van der Waals surface area contributed by atoms with Gasteiger partial charge in [-0.05, 0) is 56.0 Å². The van der Waals surface area contributed by atoms with E-state index in [1.165, 1.54) is 0 Å². The van der Waals surface area contributed by atoms with E-state index in [1.54, 1.807) is 31.1 Å². The molecule has 1 aromatic heterocycles. The molecular formula is C28H25F3N2O. The number of halogens is 3. The SMILES string of the molecule is Cc1ccccc1C(C)C(=O)N(C)c1cnc2c(-c3cc(F)cc(F)c3F)c(C)ccc2c1C. The highest BCUT2D eigenvalue weighted by Crippen LogP contribution is 2.37. The Morgan fingerprint density at radius 3 is 2.38 bits per heavy atom. The number of rotatable bonds is 4. The fraction of sp³-hybridized carbons (Fsp3) is 0.214. The summed E-state index contributed by atoms with van der Waals surface area (Å²) in [5, 5.41) is 0.672. The first-order chi connectivity index (χ1) is 16.1. The molecule has 1 amide bonds. The average molecular weight is 463 g/mol. The maximum Gasteiger partial charge on any atom is 0.234 e. The van der Waals surface area contributed by atoms with Crippen LogP contribution in [0.15, 0.2) is 54.7 Å². The quantitative estimate of drug-likeness (QED) is 0.306. The summed E-state index contributed by atoms with van der Waals surface area (Å²) < 4.78 is 42.5. The van der Waals surface area contributed by atoms with Crippen LogP contribution < -0.4 is 4.90 Å². The molecule has 0 spiro atoms. The Kier molecular flexibility index (Phi) is 6.17. The number of carbonyl (C=O) groups excluding carboxylic acids is 1. The van der Waals surface area contributed by atoms with Crippen molar-refractivity contribution in [2.24, 2.45) is 0 Å². The maximum absolute atomic E-state index is 14.6. The Hall–Kier alpha value is -3.67. The van der Waals surface area contributed by atoms with Crippen LogP contribution in [0.2, 0.25) is 0 Å². The minimum absolute atomic E-state index is 0.0934. The molecule has 3 aromatic carbocycles. The van der Waals surface area contributed by atoms with E-state index in [1.807, 2.05) is 51.1 Å². The number of hydrogen-bond donors (Lipinski definition) is 0. The van der Waals surface area contributed by atoms with Crippen molar-refractivity contribution >= 4 is 22.5 Å². The molecule has 1 heterocycles. The van der Waals surface area contributed by atoms with Crippen LogP contribution in [0.25, 0.3) is 22.0 Å². The number of aromatic nitrogens is 1. The van der Waals surface area contributed by atoms with Gasteiger partial charge < -0.3 is 4.90 Å². The lowest BCUT2D eigenvalue weighted by Gasteiger charge is -2.25. The normalized spacial score (nSPS) is 12.1. The van der Waals surface area contributed by atoms with Gasteiger partial charge in [0.25, 0.3) is 0 Å². The van der Waals surface area contributed by atoms with Crippen molar-refractivity contribution in [2.75, 3.05) is 11.9 Å². The van der Waals surface area contributed by atoms with Crippen LogP contribution in [0.3, 0.4) is 0 Å². The van der Waals surface area contributed by atoms with Gasteiger partial charge >= 0.3 is 0 Å². The number of likely N-dealkylation sites (N-methyl/N-ethyl adjacent to an activating group) is 1. The summed E-state index contributed by atoms with van der Waals surface area (Å²) in [5.41, 5.74) is 4.55. The summed E-state index contributed by atoms with van der Waals surface area (Å²) in [4.78, 5) is 19.4. The number of amides is 1. The topological polar surface area (TPSA) is 33.2 Å². The summed E-state index contributed by atoms with van der Waals surface area (Å²) >= 11 is 0. The molecule has 174 valence electrons. The molecule has 4 aromatic rings. The monoisotopic (exact) mass is 462 g/mol. The molecule has 0 radical (unpaired) electrons. The van der Waals surface area contributed by atoms with Crippen molar-refractivity contribution in [3.8, 4) is 11.1 Å². The summed E-state index contributed by atoms with van der Waals surface area (Å²) in [6.45, 7) is 7.43. The van der Waals surface area contributed by atoms with Crippen LogP contribution in [0.1, 0.15) is 35.1 Å². The zero-order valence-electron chi connectivity index (χ0n) is 19.7. The zero-order chi connectivity index (χ0) is 24.7. The van der Waals surface area contributed by atoms with Crippen molar-refractivity contribution in [1.82, 2.24) is 4.98 Å². The zero-order valence-corrected chi connectivity index (χ0v) is 19.7. The molecule has 4 rings (SSSR count). The van der Waals surface area contributed by atoms with E-state index in [0.29, 0.717) is 33.8 Å². The molecule has 0 fully saturated rings. The smallest absolute Gasteiger partial charge is 0.234 e. The van der Waals surface area contributed by atoms with E-state index in [4.69, 9.17) is 0 Å². The van der Waals surface area contributed by atoms with Crippen molar-refractivity contribution in [3.63, 3.8) is 0 Å². The molecule has 0 aliphatic rings. The number of pyridine rings is 1. The summed E-state index contributed by atoms with van der Waals surface area (Å²) in [6, 6.07) is 12.8. The Balaban J connectivity index is 1.82. The van der Waals surface area contributed by atoms with Gasteiger partial charge in [-0.15, -0.1) is 0 Å². The highest BCUT2D eigenvalue weighted by molar-refractivity contribution is 6.03. The maximum atomic E-state index is 14.6. The third-order valence-corrected chi connectivity index (χ3v) is 6.47. The number of carbonyl (C=O) groups is 1. The van der Waals surface area contributed by atoms with E-state index in [9.17, 15) is 18.0 Å².